The highest BCUT2D eigenvalue weighted by atomic mass is 14.0. The SMILES string of the molecule is C=CC(C)CC[CH]CCC(=C)C. The van der Waals surface area contributed by atoms with Gasteiger partial charge < -0.3 is 0 Å². The summed E-state index contributed by atoms with van der Waals surface area (Å²) in [6.45, 7) is 11.9. The Morgan fingerprint density at radius 3 is 2.58 bits per heavy atom. The molecule has 12 heavy (non-hydrogen) atoms. The van der Waals surface area contributed by atoms with Crippen molar-refractivity contribution >= 4 is 0 Å². The van der Waals surface area contributed by atoms with Gasteiger partial charge in [0.05, 0.1) is 0 Å². The van der Waals surface area contributed by atoms with Gasteiger partial charge in [-0.2, -0.15) is 0 Å². The largest absolute Gasteiger partial charge is 0.103 e. The molecule has 0 spiro atoms. The number of rotatable bonds is 7. The fourth-order valence-electron chi connectivity index (χ4n) is 0.991. The molecule has 0 saturated carbocycles. The van der Waals surface area contributed by atoms with Crippen LogP contribution in [0.25, 0.3) is 0 Å². The maximum Gasteiger partial charge on any atom is -0.0265 e. The Morgan fingerprint density at radius 1 is 1.42 bits per heavy atom. The molecule has 0 aromatic rings. The van der Waals surface area contributed by atoms with Gasteiger partial charge in [-0.25, -0.2) is 0 Å². The van der Waals surface area contributed by atoms with Crippen LogP contribution >= 0.6 is 0 Å². The predicted molar refractivity (Wildman–Crippen MR) is 56.9 cm³/mol. The molecule has 0 bridgehead atoms. The highest BCUT2D eigenvalue weighted by Gasteiger charge is 1.95. The van der Waals surface area contributed by atoms with Crippen LogP contribution < -0.4 is 0 Å². The van der Waals surface area contributed by atoms with Crippen molar-refractivity contribution in [3.8, 4) is 0 Å². The average Bonchev–Trinajstić information content (AvgIpc) is 2.03. The maximum absolute atomic E-state index is 3.87. The van der Waals surface area contributed by atoms with Gasteiger partial charge >= 0.3 is 0 Å². The molecule has 0 aromatic heterocycles. The molecular formula is C12H21. The molecule has 0 aliphatic carbocycles. The van der Waals surface area contributed by atoms with E-state index in [4.69, 9.17) is 0 Å². The van der Waals surface area contributed by atoms with Gasteiger partial charge in [-0.15, -0.1) is 13.2 Å². The van der Waals surface area contributed by atoms with Crippen LogP contribution in [0.3, 0.4) is 0 Å². The molecule has 0 heteroatoms. The Morgan fingerprint density at radius 2 is 2.08 bits per heavy atom. The second-order valence-electron chi connectivity index (χ2n) is 3.57. The van der Waals surface area contributed by atoms with Crippen LogP contribution in [-0.2, 0) is 0 Å². The summed E-state index contributed by atoms with van der Waals surface area (Å²) in [4.78, 5) is 0. The van der Waals surface area contributed by atoms with Crippen LogP contribution in [0.2, 0.25) is 0 Å². The minimum atomic E-state index is 0.658. The molecule has 0 amide bonds. The monoisotopic (exact) mass is 165 g/mol. The van der Waals surface area contributed by atoms with Crippen molar-refractivity contribution in [2.45, 2.75) is 39.5 Å². The summed E-state index contributed by atoms with van der Waals surface area (Å²) in [6.07, 6.45) is 9.14. The zero-order chi connectivity index (χ0) is 9.40. The van der Waals surface area contributed by atoms with Crippen molar-refractivity contribution in [1.29, 1.82) is 0 Å². The van der Waals surface area contributed by atoms with E-state index in [-0.39, 0.29) is 0 Å². The van der Waals surface area contributed by atoms with E-state index >= 15 is 0 Å². The third-order valence-electron chi connectivity index (χ3n) is 2.00. The van der Waals surface area contributed by atoms with Crippen molar-refractivity contribution in [2.75, 3.05) is 0 Å². The summed E-state index contributed by atoms with van der Waals surface area (Å²) in [5.41, 5.74) is 1.28. The van der Waals surface area contributed by atoms with Crippen LogP contribution in [0, 0.1) is 12.3 Å². The molecule has 0 aromatic carbocycles. The minimum Gasteiger partial charge on any atom is -0.103 e. The first kappa shape index (κ1) is 11.5. The average molecular weight is 165 g/mol. The Labute approximate surface area is 77.4 Å². The normalized spacial score (nSPS) is 12.5. The highest BCUT2D eigenvalue weighted by molar-refractivity contribution is 4.89. The third kappa shape index (κ3) is 7.59. The lowest BCUT2D eigenvalue weighted by Gasteiger charge is -2.04. The van der Waals surface area contributed by atoms with Gasteiger partial charge in [-0.3, -0.25) is 0 Å². The quantitative estimate of drug-likeness (QED) is 0.392. The molecule has 0 fully saturated rings. The van der Waals surface area contributed by atoms with Crippen molar-refractivity contribution in [2.24, 2.45) is 5.92 Å². The van der Waals surface area contributed by atoms with E-state index in [0.717, 1.165) is 6.42 Å². The molecule has 69 valence electrons. The lowest BCUT2D eigenvalue weighted by Crippen LogP contribution is -1.89. The van der Waals surface area contributed by atoms with Crippen molar-refractivity contribution in [1.82, 2.24) is 0 Å². The lowest BCUT2D eigenvalue weighted by molar-refractivity contribution is 0.630. The standard InChI is InChI=1S/C12H21/c1-5-12(4)10-8-6-7-9-11(2)3/h5-6,12H,1-2,7-10H2,3-4H3. The molecule has 1 radical (unpaired) electrons. The highest BCUT2D eigenvalue weighted by Crippen LogP contribution is 2.11. The summed E-state index contributed by atoms with van der Waals surface area (Å²) in [5.74, 6) is 0.658. The third-order valence-corrected chi connectivity index (χ3v) is 2.00. The molecule has 0 N–H and O–H groups in total. The van der Waals surface area contributed by atoms with Crippen LogP contribution in [-0.4, -0.2) is 0 Å². The smallest absolute Gasteiger partial charge is 0.0265 e. The minimum absolute atomic E-state index is 0.658. The second-order valence-corrected chi connectivity index (χ2v) is 3.57. The fourth-order valence-corrected chi connectivity index (χ4v) is 0.991. The Balaban J connectivity index is 3.10. The summed E-state index contributed by atoms with van der Waals surface area (Å²) in [6, 6.07) is 0. The first-order valence-electron chi connectivity index (χ1n) is 4.75. The number of hydrogen-bond donors (Lipinski definition) is 0. The van der Waals surface area contributed by atoms with E-state index < -0.39 is 0 Å². The Hall–Kier alpha value is -0.520. The van der Waals surface area contributed by atoms with Gasteiger partial charge in [-0.05, 0) is 44.9 Å². The van der Waals surface area contributed by atoms with Gasteiger partial charge in [0.15, 0.2) is 0 Å². The van der Waals surface area contributed by atoms with E-state index in [2.05, 4.69) is 33.4 Å². The lowest BCUT2D eigenvalue weighted by atomic mass is 10.0. The van der Waals surface area contributed by atoms with E-state index in [1.165, 1.54) is 24.8 Å². The second kappa shape index (κ2) is 7.15. The van der Waals surface area contributed by atoms with Crippen molar-refractivity contribution in [3.05, 3.63) is 31.2 Å². The number of allylic oxidation sites excluding steroid dienone is 2. The summed E-state index contributed by atoms with van der Waals surface area (Å²) >= 11 is 0. The summed E-state index contributed by atoms with van der Waals surface area (Å²) < 4.78 is 0. The van der Waals surface area contributed by atoms with Crippen LogP contribution in [0.1, 0.15) is 39.5 Å². The molecule has 0 aliphatic rings. The van der Waals surface area contributed by atoms with Gasteiger partial charge in [0, 0.05) is 0 Å². The molecule has 0 aliphatic heterocycles. The van der Waals surface area contributed by atoms with E-state index in [1.54, 1.807) is 0 Å². The van der Waals surface area contributed by atoms with E-state index in [9.17, 15) is 0 Å². The molecule has 0 rings (SSSR count). The Bertz CT molecular complexity index is 133. The zero-order valence-electron chi connectivity index (χ0n) is 8.47. The van der Waals surface area contributed by atoms with E-state index in [1.807, 2.05) is 6.08 Å². The molecule has 0 heterocycles. The van der Waals surface area contributed by atoms with Crippen molar-refractivity contribution in [3.63, 3.8) is 0 Å². The van der Waals surface area contributed by atoms with Gasteiger partial charge in [0.25, 0.3) is 0 Å². The van der Waals surface area contributed by atoms with Crippen LogP contribution in [0.4, 0.5) is 0 Å². The summed E-state index contributed by atoms with van der Waals surface area (Å²) in [5, 5.41) is 0. The van der Waals surface area contributed by atoms with Gasteiger partial charge in [-0.1, -0.05) is 18.6 Å². The predicted octanol–water partition coefficient (Wildman–Crippen LogP) is 4.15. The first-order valence-corrected chi connectivity index (χ1v) is 4.75. The van der Waals surface area contributed by atoms with Crippen LogP contribution in [0.5, 0.6) is 0 Å². The maximum atomic E-state index is 3.87. The van der Waals surface area contributed by atoms with Crippen molar-refractivity contribution < 1.29 is 0 Å². The molecule has 0 saturated heterocycles. The Kier molecular flexibility index (Phi) is 6.84. The molecule has 0 nitrogen and oxygen atoms in total. The van der Waals surface area contributed by atoms with Gasteiger partial charge in [0.1, 0.15) is 0 Å². The molecular weight excluding hydrogens is 144 g/mol. The molecule has 1 atom stereocenters. The van der Waals surface area contributed by atoms with E-state index in [0.29, 0.717) is 5.92 Å². The van der Waals surface area contributed by atoms with Crippen LogP contribution in [0.15, 0.2) is 24.8 Å². The fraction of sp³-hybridized carbons (Fsp3) is 0.583. The zero-order valence-corrected chi connectivity index (χ0v) is 8.47. The molecule has 1 unspecified atom stereocenters. The van der Waals surface area contributed by atoms with Gasteiger partial charge in [0.2, 0.25) is 0 Å². The topological polar surface area (TPSA) is 0 Å². The first-order chi connectivity index (χ1) is 5.66. The number of hydrogen-bond acceptors (Lipinski definition) is 0. The summed E-state index contributed by atoms with van der Waals surface area (Å²) in [7, 11) is 0. The number of unbranched alkanes of at least 4 members (excludes halogenated alkanes) is 2.